The first-order valence-electron chi connectivity index (χ1n) is 6.86. The number of rotatable bonds is 7. The third-order valence-electron chi connectivity index (χ3n) is 2.49. The van der Waals surface area contributed by atoms with Gasteiger partial charge in [-0.05, 0) is 26.0 Å². The van der Waals surface area contributed by atoms with Crippen molar-refractivity contribution in [3.05, 3.63) is 36.7 Å². The molecule has 0 aliphatic carbocycles. The van der Waals surface area contributed by atoms with E-state index in [0.29, 0.717) is 24.8 Å². The summed E-state index contributed by atoms with van der Waals surface area (Å²) < 4.78 is 11.0. The molecular weight excluding hydrogens is 268 g/mol. The minimum Gasteiger partial charge on any atom is -0.492 e. The SMILES string of the molecule is CC(C)Oc1cc(Nc2cccc(OCCN)c2)ncn1. The molecule has 0 unspecified atom stereocenters. The highest BCUT2D eigenvalue weighted by molar-refractivity contribution is 5.58. The normalized spacial score (nSPS) is 10.5. The number of nitrogens with one attached hydrogen (secondary N) is 1. The molecular formula is C15H20N4O2. The Morgan fingerprint density at radius 3 is 2.86 bits per heavy atom. The Labute approximate surface area is 124 Å². The van der Waals surface area contributed by atoms with Crippen LogP contribution in [0.5, 0.6) is 11.6 Å². The lowest BCUT2D eigenvalue weighted by Gasteiger charge is -2.11. The average molecular weight is 288 g/mol. The number of aromatic nitrogens is 2. The molecule has 1 heterocycles. The van der Waals surface area contributed by atoms with E-state index in [0.717, 1.165) is 11.4 Å². The molecule has 0 amide bonds. The summed E-state index contributed by atoms with van der Waals surface area (Å²) in [5.74, 6) is 1.97. The molecule has 6 nitrogen and oxygen atoms in total. The van der Waals surface area contributed by atoms with Gasteiger partial charge in [-0.25, -0.2) is 9.97 Å². The van der Waals surface area contributed by atoms with Gasteiger partial charge in [-0.1, -0.05) is 6.07 Å². The quantitative estimate of drug-likeness (QED) is 0.813. The highest BCUT2D eigenvalue weighted by Gasteiger charge is 2.03. The van der Waals surface area contributed by atoms with Crippen molar-refractivity contribution in [2.24, 2.45) is 5.73 Å². The number of benzene rings is 1. The number of hydrogen-bond acceptors (Lipinski definition) is 6. The van der Waals surface area contributed by atoms with E-state index in [4.69, 9.17) is 15.2 Å². The number of ether oxygens (including phenoxy) is 2. The molecule has 1 aromatic heterocycles. The second-order valence-electron chi connectivity index (χ2n) is 4.70. The van der Waals surface area contributed by atoms with Gasteiger partial charge in [0.2, 0.25) is 5.88 Å². The van der Waals surface area contributed by atoms with Crippen LogP contribution in [0.2, 0.25) is 0 Å². The van der Waals surface area contributed by atoms with Crippen LogP contribution in [0.25, 0.3) is 0 Å². The molecule has 1 aromatic carbocycles. The van der Waals surface area contributed by atoms with Crippen molar-refractivity contribution in [1.29, 1.82) is 0 Å². The van der Waals surface area contributed by atoms with Gasteiger partial charge in [-0.15, -0.1) is 0 Å². The zero-order valence-corrected chi connectivity index (χ0v) is 12.2. The van der Waals surface area contributed by atoms with Crippen LogP contribution in [0.1, 0.15) is 13.8 Å². The molecule has 0 aliphatic heterocycles. The van der Waals surface area contributed by atoms with Crippen molar-refractivity contribution in [2.75, 3.05) is 18.5 Å². The van der Waals surface area contributed by atoms with Gasteiger partial charge in [0.15, 0.2) is 0 Å². The van der Waals surface area contributed by atoms with Gasteiger partial charge in [-0.3, -0.25) is 0 Å². The largest absolute Gasteiger partial charge is 0.492 e. The van der Waals surface area contributed by atoms with Gasteiger partial charge in [0.1, 0.15) is 24.5 Å². The Morgan fingerprint density at radius 2 is 2.10 bits per heavy atom. The summed E-state index contributed by atoms with van der Waals surface area (Å²) in [7, 11) is 0. The second kappa shape index (κ2) is 7.44. The van der Waals surface area contributed by atoms with Gasteiger partial charge in [0, 0.05) is 24.4 Å². The Kier molecular flexibility index (Phi) is 5.34. The van der Waals surface area contributed by atoms with Crippen LogP contribution in [-0.4, -0.2) is 29.2 Å². The minimum atomic E-state index is 0.0701. The van der Waals surface area contributed by atoms with Crippen LogP contribution in [0.3, 0.4) is 0 Å². The summed E-state index contributed by atoms with van der Waals surface area (Å²) in [5, 5.41) is 3.19. The molecule has 0 radical (unpaired) electrons. The fourth-order valence-electron chi connectivity index (χ4n) is 1.70. The number of hydrogen-bond donors (Lipinski definition) is 2. The molecule has 3 N–H and O–H groups in total. The first kappa shape index (κ1) is 15.1. The van der Waals surface area contributed by atoms with Crippen LogP contribution in [0.4, 0.5) is 11.5 Å². The summed E-state index contributed by atoms with van der Waals surface area (Å²) >= 11 is 0. The van der Waals surface area contributed by atoms with Crippen LogP contribution in [-0.2, 0) is 0 Å². The third kappa shape index (κ3) is 4.92. The molecule has 2 rings (SSSR count). The second-order valence-corrected chi connectivity index (χ2v) is 4.70. The van der Waals surface area contributed by atoms with Crippen LogP contribution < -0.4 is 20.5 Å². The summed E-state index contributed by atoms with van der Waals surface area (Å²) in [4.78, 5) is 8.24. The molecule has 21 heavy (non-hydrogen) atoms. The van der Waals surface area contributed by atoms with Crippen molar-refractivity contribution in [2.45, 2.75) is 20.0 Å². The van der Waals surface area contributed by atoms with Gasteiger partial charge < -0.3 is 20.5 Å². The zero-order valence-electron chi connectivity index (χ0n) is 12.2. The van der Waals surface area contributed by atoms with Crippen molar-refractivity contribution >= 4 is 11.5 Å². The molecule has 0 fully saturated rings. The van der Waals surface area contributed by atoms with Crippen LogP contribution >= 0.6 is 0 Å². The summed E-state index contributed by atoms with van der Waals surface area (Å²) in [5.41, 5.74) is 6.30. The molecule has 0 spiro atoms. The lowest BCUT2D eigenvalue weighted by Crippen LogP contribution is -2.10. The molecule has 0 atom stereocenters. The maximum atomic E-state index is 5.54. The van der Waals surface area contributed by atoms with Gasteiger partial charge in [0.05, 0.1) is 6.10 Å². The molecule has 2 aromatic rings. The van der Waals surface area contributed by atoms with E-state index in [-0.39, 0.29) is 6.10 Å². The molecule has 0 saturated heterocycles. The van der Waals surface area contributed by atoms with E-state index >= 15 is 0 Å². The van der Waals surface area contributed by atoms with Crippen molar-refractivity contribution in [1.82, 2.24) is 9.97 Å². The Hall–Kier alpha value is -2.34. The first-order chi connectivity index (χ1) is 10.2. The molecule has 6 heteroatoms. The van der Waals surface area contributed by atoms with Crippen LogP contribution in [0, 0.1) is 0 Å². The van der Waals surface area contributed by atoms with E-state index in [1.165, 1.54) is 6.33 Å². The Bertz CT molecular complexity index is 575. The smallest absolute Gasteiger partial charge is 0.218 e. The zero-order chi connectivity index (χ0) is 15.1. The van der Waals surface area contributed by atoms with E-state index in [1.54, 1.807) is 6.07 Å². The number of nitrogens with two attached hydrogens (primary N) is 1. The van der Waals surface area contributed by atoms with E-state index < -0.39 is 0 Å². The minimum absolute atomic E-state index is 0.0701. The van der Waals surface area contributed by atoms with E-state index in [9.17, 15) is 0 Å². The number of anilines is 2. The maximum Gasteiger partial charge on any atom is 0.218 e. The molecule has 0 bridgehead atoms. The van der Waals surface area contributed by atoms with E-state index in [2.05, 4.69) is 15.3 Å². The highest BCUT2D eigenvalue weighted by Crippen LogP contribution is 2.22. The highest BCUT2D eigenvalue weighted by atomic mass is 16.5. The van der Waals surface area contributed by atoms with Gasteiger partial charge in [0.25, 0.3) is 0 Å². The predicted molar refractivity (Wildman–Crippen MR) is 82.1 cm³/mol. The molecule has 0 saturated carbocycles. The fourth-order valence-corrected chi connectivity index (χ4v) is 1.70. The van der Waals surface area contributed by atoms with Crippen molar-refractivity contribution in [3.63, 3.8) is 0 Å². The van der Waals surface area contributed by atoms with Gasteiger partial charge >= 0.3 is 0 Å². The molecule has 0 aliphatic rings. The Morgan fingerprint density at radius 1 is 1.24 bits per heavy atom. The monoisotopic (exact) mass is 288 g/mol. The number of nitrogens with zero attached hydrogens (tertiary/aromatic N) is 2. The molecule has 112 valence electrons. The maximum absolute atomic E-state index is 5.54. The standard InChI is InChI=1S/C15H20N4O2/c1-11(2)21-15-9-14(17-10-18-15)19-12-4-3-5-13(8-12)20-7-6-16/h3-5,8-11H,6-7,16H2,1-2H3,(H,17,18,19). The summed E-state index contributed by atoms with van der Waals surface area (Å²) in [6.07, 6.45) is 1.54. The van der Waals surface area contributed by atoms with E-state index in [1.807, 2.05) is 38.1 Å². The third-order valence-corrected chi connectivity index (χ3v) is 2.49. The average Bonchev–Trinajstić information content (AvgIpc) is 2.45. The van der Waals surface area contributed by atoms with Crippen molar-refractivity contribution in [3.8, 4) is 11.6 Å². The lowest BCUT2D eigenvalue weighted by molar-refractivity contribution is 0.232. The summed E-state index contributed by atoms with van der Waals surface area (Å²) in [6, 6.07) is 9.36. The lowest BCUT2D eigenvalue weighted by atomic mass is 10.3. The van der Waals surface area contributed by atoms with Crippen molar-refractivity contribution < 1.29 is 9.47 Å². The summed E-state index contributed by atoms with van der Waals surface area (Å²) in [6.45, 7) is 4.88. The first-order valence-corrected chi connectivity index (χ1v) is 6.86. The Balaban J connectivity index is 2.07. The van der Waals surface area contributed by atoms with Crippen LogP contribution in [0.15, 0.2) is 36.7 Å². The van der Waals surface area contributed by atoms with Gasteiger partial charge in [-0.2, -0.15) is 0 Å². The predicted octanol–water partition coefficient (Wildman–Crippen LogP) is 2.34. The fraction of sp³-hybridized carbons (Fsp3) is 0.333. The topological polar surface area (TPSA) is 82.3 Å².